The molecular weight excluding hydrogens is 1050 g/mol. The van der Waals surface area contributed by atoms with E-state index in [2.05, 4.69) is 72.6 Å². The Bertz CT molecular complexity index is 3530. The third kappa shape index (κ3) is 8.33. The molecule has 11 rings (SSSR count). The van der Waals surface area contributed by atoms with Gasteiger partial charge in [-0.3, -0.25) is 4.98 Å². The number of nitrogens with zero attached hydrogens (tertiary/aromatic N) is 4. The van der Waals surface area contributed by atoms with Gasteiger partial charge < -0.3 is 8.98 Å². The third-order valence-electron chi connectivity index (χ3n) is 11.6. The molecule has 0 fully saturated rings. The van der Waals surface area contributed by atoms with Gasteiger partial charge in [-0.15, -0.1) is 23.8 Å². The van der Waals surface area contributed by atoms with E-state index >= 15 is 8.78 Å². The number of rotatable bonds is 7. The van der Waals surface area contributed by atoms with Crippen molar-refractivity contribution in [2.24, 2.45) is 5.92 Å². The summed E-state index contributed by atoms with van der Waals surface area (Å²) in [7, 11) is 0. The quantitative estimate of drug-likeness (QED) is 0.117. The van der Waals surface area contributed by atoms with Gasteiger partial charge in [0.2, 0.25) is 0 Å². The van der Waals surface area contributed by atoms with Crippen LogP contribution in [0, 0.1) is 36.6 Å². The summed E-state index contributed by atoms with van der Waals surface area (Å²) in [6.07, 6.45) is 3.19. The molecule has 0 aliphatic rings. The number of aryl methyl sites for hydroxylation is 1. The molecule has 0 aliphatic heterocycles. The smallest absolute Gasteiger partial charge is 0.150 e. The van der Waals surface area contributed by atoms with Crippen LogP contribution < -0.4 is 4.40 Å². The first-order valence-electron chi connectivity index (χ1n) is 21.5. The van der Waals surface area contributed by atoms with Crippen molar-refractivity contribution in [3.05, 3.63) is 175 Å². The van der Waals surface area contributed by atoms with Gasteiger partial charge in [0.25, 0.3) is 0 Å². The molecule has 11 aromatic rings. The van der Waals surface area contributed by atoms with Crippen LogP contribution in [-0.2, 0) is 26.5 Å². The fraction of sp³-hybridized carbons (Fsp3) is 0.145. The number of halogens is 2. The van der Waals surface area contributed by atoms with Crippen LogP contribution in [0.25, 0.3) is 94.5 Å². The Balaban J connectivity index is 0.000000167. The topological polar surface area (TPSA) is 69.9 Å². The van der Waals surface area contributed by atoms with Gasteiger partial charge in [-0.05, 0) is 41.5 Å². The number of benzene rings is 6. The number of aromatic nitrogens is 4. The Morgan fingerprint density at radius 3 is 2.22 bits per heavy atom. The first-order chi connectivity index (χ1) is 30.9. The maximum Gasteiger partial charge on any atom is 0.150 e. The van der Waals surface area contributed by atoms with Crippen LogP contribution in [0.2, 0.25) is 17.3 Å². The van der Waals surface area contributed by atoms with Gasteiger partial charge in [-0.1, -0.05) is 66.0 Å². The Hall–Kier alpha value is -6.26. The molecule has 0 saturated heterocycles. The number of furan rings is 2. The Morgan fingerprint density at radius 1 is 0.708 bits per heavy atom. The molecule has 0 amide bonds. The number of fused-ring (bicyclic) bond motifs is 7. The summed E-state index contributed by atoms with van der Waals surface area (Å²) in [6.45, 7) is 6.54. The predicted octanol–water partition coefficient (Wildman–Crippen LogP) is 14.2. The maximum atomic E-state index is 15.7. The van der Waals surface area contributed by atoms with Crippen LogP contribution in [0.3, 0.4) is 0 Å². The van der Waals surface area contributed by atoms with E-state index in [0.29, 0.717) is 45.2 Å². The fourth-order valence-corrected chi connectivity index (χ4v) is 12.0. The Kier molecular flexibility index (Phi) is 11.9. The van der Waals surface area contributed by atoms with E-state index in [1.54, 1.807) is 6.07 Å². The van der Waals surface area contributed by atoms with Crippen LogP contribution >= 0.6 is 0 Å². The van der Waals surface area contributed by atoms with E-state index in [0.717, 1.165) is 61.6 Å². The minimum atomic E-state index is -1.99. The van der Waals surface area contributed by atoms with Crippen molar-refractivity contribution in [1.82, 2.24) is 19.5 Å². The first kappa shape index (κ1) is 44.0. The molecule has 325 valence electrons. The van der Waals surface area contributed by atoms with E-state index < -0.39 is 24.9 Å². The van der Waals surface area contributed by atoms with Crippen molar-refractivity contribution < 1.29 is 37.7 Å². The van der Waals surface area contributed by atoms with E-state index in [1.165, 1.54) is 26.7 Å². The molecule has 0 saturated carbocycles. The van der Waals surface area contributed by atoms with Crippen molar-refractivity contribution in [3.63, 3.8) is 0 Å². The third-order valence-corrected chi connectivity index (χ3v) is 15.9. The van der Waals surface area contributed by atoms with Crippen LogP contribution in [-0.4, -0.2) is 32.8 Å². The van der Waals surface area contributed by atoms with Crippen molar-refractivity contribution in [1.29, 1.82) is 0 Å². The zero-order valence-electron chi connectivity index (χ0n) is 36.8. The van der Waals surface area contributed by atoms with Gasteiger partial charge in [0.15, 0.2) is 0 Å². The van der Waals surface area contributed by atoms with Gasteiger partial charge in [-0.25, -0.2) is 8.78 Å². The SMILES string of the molecule is Cc1ccc2c(n1)oc1c(-c3cc(CC(C)C)[c]([Ge]([CH3])([CH3])[CH3])cn3)[c-]ccc12.Fc1cc(-c2ccccc2)cc(F)c1-n1c(-c2[c-]cc3oc4ccccc4c3c2)nc2ccccc21.[Ir]. The van der Waals surface area contributed by atoms with Gasteiger partial charge in [-0.2, -0.15) is 0 Å². The molecule has 0 bridgehead atoms. The average Bonchev–Trinajstić information content (AvgIpc) is 3.97. The molecule has 10 heteroatoms. The van der Waals surface area contributed by atoms with Crippen molar-refractivity contribution in [2.45, 2.75) is 44.5 Å². The number of imidazole rings is 1. The van der Waals surface area contributed by atoms with E-state index in [9.17, 15) is 0 Å². The zero-order chi connectivity index (χ0) is 44.3. The summed E-state index contributed by atoms with van der Waals surface area (Å²) < 4.78 is 46.5. The number of hydrogen-bond donors (Lipinski definition) is 0. The van der Waals surface area contributed by atoms with E-state index in [4.69, 9.17) is 18.8 Å². The second-order valence-corrected chi connectivity index (χ2v) is 28.3. The van der Waals surface area contributed by atoms with Crippen molar-refractivity contribution >= 4 is 72.7 Å². The summed E-state index contributed by atoms with van der Waals surface area (Å²) in [5, 5.41) is 3.95. The van der Waals surface area contributed by atoms with Crippen LogP contribution in [0.15, 0.2) is 148 Å². The molecule has 5 heterocycles. The molecule has 0 aliphatic carbocycles. The van der Waals surface area contributed by atoms with Crippen LogP contribution in [0.1, 0.15) is 25.1 Å². The second-order valence-electron chi connectivity index (χ2n) is 17.7. The summed E-state index contributed by atoms with van der Waals surface area (Å²) >= 11 is -1.99. The van der Waals surface area contributed by atoms with Gasteiger partial charge in [0.05, 0.1) is 22.4 Å². The van der Waals surface area contributed by atoms with Gasteiger partial charge >= 0.3 is 170 Å². The average molecular weight is 1100 g/mol. The molecule has 65 heavy (non-hydrogen) atoms. The normalized spacial score (nSPS) is 11.8. The van der Waals surface area contributed by atoms with E-state index in [1.807, 2.05) is 104 Å². The van der Waals surface area contributed by atoms with Crippen molar-refractivity contribution in [2.75, 3.05) is 0 Å². The standard InChI is InChI=1S/C31H17F2N2O.C24H27GeN2O.Ir/c32-24-17-21(19-8-2-1-3-9-19)18-25(33)30(24)35-27-12-6-5-11-26(27)34-31(35)20-14-15-29-23(16-20)22-10-4-7-13-28(22)36-29;1-15(2)12-17-13-22(26-14-21(17)25(4,5)6)20-9-7-8-18-19-11-10-16(3)27-24(19)28-23(18)20;/h1-13,15-18H;7-8,10-11,13-15H,12H2,1-6H3;/q2*-1;. The molecule has 0 N–H and O–H groups in total. The number of hydrogen-bond acceptors (Lipinski definition) is 5. The fourth-order valence-electron chi connectivity index (χ4n) is 8.63. The first-order valence-corrected chi connectivity index (χ1v) is 28.8. The van der Waals surface area contributed by atoms with E-state index in [-0.39, 0.29) is 25.8 Å². The summed E-state index contributed by atoms with van der Waals surface area (Å²) in [6, 6.07) is 47.6. The largest absolute Gasteiger partial charge is 0.500 e. The molecule has 1 radical (unpaired) electrons. The second kappa shape index (κ2) is 17.6. The maximum absolute atomic E-state index is 15.7. The monoisotopic (exact) mass is 1100 g/mol. The zero-order valence-corrected chi connectivity index (χ0v) is 41.3. The Labute approximate surface area is 392 Å². The minimum Gasteiger partial charge on any atom is -0.500 e. The summed E-state index contributed by atoms with van der Waals surface area (Å²) in [5.41, 5.74) is 10.1. The van der Waals surface area contributed by atoms with Gasteiger partial charge in [0, 0.05) is 25.5 Å². The van der Waals surface area contributed by atoms with Crippen LogP contribution in [0.5, 0.6) is 0 Å². The number of pyridine rings is 2. The molecule has 0 unspecified atom stereocenters. The molecule has 0 spiro atoms. The number of para-hydroxylation sites is 3. The summed E-state index contributed by atoms with van der Waals surface area (Å²) in [5.74, 6) is 6.95. The summed E-state index contributed by atoms with van der Waals surface area (Å²) in [4.78, 5) is 14.2. The van der Waals surface area contributed by atoms with Gasteiger partial charge in [0.1, 0.15) is 22.9 Å². The van der Waals surface area contributed by atoms with Crippen LogP contribution in [0.4, 0.5) is 8.78 Å². The molecule has 6 aromatic carbocycles. The van der Waals surface area contributed by atoms with Crippen molar-refractivity contribution in [3.8, 4) is 39.5 Å². The minimum absolute atomic E-state index is 0. The molecule has 6 nitrogen and oxygen atoms in total. The Morgan fingerprint density at radius 2 is 1.45 bits per heavy atom. The predicted molar refractivity (Wildman–Crippen MR) is 258 cm³/mol. The molecule has 5 aromatic heterocycles. The molecular formula is C55H44F2GeIrN4O2-2. The molecule has 0 atom stereocenters.